The highest BCUT2D eigenvalue weighted by atomic mass is 35.5. The number of nitrogens with zero attached hydrogens (tertiary/aromatic N) is 3. The Balaban J connectivity index is 2.75. The lowest BCUT2D eigenvalue weighted by Crippen LogP contribution is -1.97. The van der Waals surface area contributed by atoms with Crippen molar-refractivity contribution in [1.82, 2.24) is 14.5 Å². The molecule has 0 spiro atoms. The van der Waals surface area contributed by atoms with Crippen LogP contribution in [0.15, 0.2) is 18.6 Å². The number of halogens is 1. The molecule has 2 heterocycles. The number of aromatic nitrogens is 3. The maximum absolute atomic E-state index is 5.89. The molecule has 0 atom stereocenters. The zero-order chi connectivity index (χ0) is 9.42. The van der Waals surface area contributed by atoms with Crippen molar-refractivity contribution in [3.63, 3.8) is 0 Å². The largest absolute Gasteiger partial charge is 0.328 e. The highest BCUT2D eigenvalue weighted by Gasteiger charge is 2.07. The van der Waals surface area contributed by atoms with Crippen LogP contribution in [0.25, 0.3) is 11.0 Å². The molecule has 0 bridgehead atoms. The highest BCUT2D eigenvalue weighted by Crippen LogP contribution is 2.21. The van der Waals surface area contributed by atoms with E-state index in [9.17, 15) is 0 Å². The van der Waals surface area contributed by atoms with E-state index in [1.54, 1.807) is 12.5 Å². The second kappa shape index (κ2) is 3.00. The fourth-order valence-corrected chi connectivity index (χ4v) is 1.54. The Morgan fingerprint density at radius 3 is 2.85 bits per heavy atom. The summed E-state index contributed by atoms with van der Waals surface area (Å²) in [4.78, 5) is 8.18. The van der Waals surface area contributed by atoms with Gasteiger partial charge >= 0.3 is 0 Å². The Morgan fingerprint density at radius 2 is 2.15 bits per heavy atom. The molecule has 3 nitrogen and oxygen atoms in total. The monoisotopic (exact) mass is 195 g/mol. The van der Waals surface area contributed by atoms with E-state index in [1.165, 1.54) is 0 Å². The van der Waals surface area contributed by atoms with Gasteiger partial charge in [0.1, 0.15) is 5.52 Å². The molecule has 0 saturated heterocycles. The van der Waals surface area contributed by atoms with Crippen molar-refractivity contribution in [2.45, 2.75) is 19.9 Å². The Labute approximate surface area is 81.4 Å². The summed E-state index contributed by atoms with van der Waals surface area (Å²) in [6.45, 7) is 4.21. The number of fused-ring (bicyclic) bond motifs is 1. The van der Waals surface area contributed by atoms with Crippen LogP contribution >= 0.6 is 11.6 Å². The van der Waals surface area contributed by atoms with Gasteiger partial charge in [0, 0.05) is 12.2 Å². The molecule has 2 aromatic rings. The van der Waals surface area contributed by atoms with E-state index in [0.717, 1.165) is 11.0 Å². The standard InChI is InChI=1S/C9H10ClN3/c1-6(2)13-5-12-8-7(13)3-4-11-9(8)10/h3-6H,1-2H3. The molecule has 0 fully saturated rings. The van der Waals surface area contributed by atoms with Crippen molar-refractivity contribution < 1.29 is 0 Å². The van der Waals surface area contributed by atoms with Gasteiger partial charge in [-0.25, -0.2) is 9.97 Å². The van der Waals surface area contributed by atoms with Gasteiger partial charge in [0.15, 0.2) is 5.15 Å². The van der Waals surface area contributed by atoms with Gasteiger partial charge < -0.3 is 4.57 Å². The first-order valence-electron chi connectivity index (χ1n) is 4.17. The molecule has 0 aliphatic rings. The molecule has 0 aromatic carbocycles. The summed E-state index contributed by atoms with van der Waals surface area (Å²) in [5, 5.41) is 0.469. The van der Waals surface area contributed by atoms with Crippen LogP contribution in [0.5, 0.6) is 0 Å². The predicted octanol–water partition coefficient (Wildman–Crippen LogP) is 2.67. The van der Waals surface area contributed by atoms with E-state index in [-0.39, 0.29) is 0 Å². The molecule has 0 saturated carbocycles. The Morgan fingerprint density at radius 1 is 1.38 bits per heavy atom. The van der Waals surface area contributed by atoms with Crippen LogP contribution in [0.1, 0.15) is 19.9 Å². The molecule has 4 heteroatoms. The van der Waals surface area contributed by atoms with Crippen LogP contribution in [0.2, 0.25) is 5.15 Å². The summed E-state index contributed by atoms with van der Waals surface area (Å²) in [6, 6.07) is 2.32. The van der Waals surface area contributed by atoms with E-state index in [2.05, 4.69) is 28.4 Å². The van der Waals surface area contributed by atoms with Crippen LogP contribution < -0.4 is 0 Å². The van der Waals surface area contributed by atoms with Crippen LogP contribution in [0.4, 0.5) is 0 Å². The van der Waals surface area contributed by atoms with Crippen molar-refractivity contribution in [2.75, 3.05) is 0 Å². The van der Waals surface area contributed by atoms with Crippen molar-refractivity contribution in [1.29, 1.82) is 0 Å². The van der Waals surface area contributed by atoms with Crippen molar-refractivity contribution >= 4 is 22.6 Å². The lowest BCUT2D eigenvalue weighted by molar-refractivity contribution is 0.617. The summed E-state index contributed by atoms with van der Waals surface area (Å²) in [5.74, 6) is 0. The average Bonchev–Trinajstić information content (AvgIpc) is 2.48. The minimum atomic E-state index is 0.392. The topological polar surface area (TPSA) is 30.7 Å². The first-order chi connectivity index (χ1) is 6.20. The molecule has 68 valence electrons. The molecule has 0 N–H and O–H groups in total. The van der Waals surface area contributed by atoms with E-state index in [1.807, 2.05) is 6.07 Å². The Bertz CT molecular complexity index is 433. The van der Waals surface area contributed by atoms with Crippen LogP contribution in [-0.4, -0.2) is 14.5 Å². The summed E-state index contributed by atoms with van der Waals surface area (Å²) >= 11 is 5.89. The number of rotatable bonds is 1. The second-order valence-corrected chi connectivity index (χ2v) is 3.57. The third-order valence-electron chi connectivity index (χ3n) is 2.00. The maximum Gasteiger partial charge on any atom is 0.156 e. The fraction of sp³-hybridized carbons (Fsp3) is 0.333. The number of hydrogen-bond donors (Lipinski definition) is 0. The van der Waals surface area contributed by atoms with Gasteiger partial charge in [0.2, 0.25) is 0 Å². The third kappa shape index (κ3) is 1.29. The van der Waals surface area contributed by atoms with Crippen LogP contribution in [0.3, 0.4) is 0 Å². The first-order valence-corrected chi connectivity index (χ1v) is 4.55. The second-order valence-electron chi connectivity index (χ2n) is 3.22. The minimum Gasteiger partial charge on any atom is -0.328 e. The molecule has 0 aliphatic carbocycles. The van der Waals surface area contributed by atoms with Crippen molar-refractivity contribution in [3.05, 3.63) is 23.7 Å². The first kappa shape index (κ1) is 8.51. The third-order valence-corrected chi connectivity index (χ3v) is 2.28. The minimum absolute atomic E-state index is 0.392. The normalized spacial score (nSPS) is 11.4. The summed E-state index contributed by atoms with van der Waals surface area (Å²) < 4.78 is 2.07. The van der Waals surface area contributed by atoms with E-state index in [4.69, 9.17) is 11.6 Å². The molecule has 0 radical (unpaired) electrons. The van der Waals surface area contributed by atoms with Gasteiger partial charge in [0.25, 0.3) is 0 Å². The van der Waals surface area contributed by atoms with E-state index < -0.39 is 0 Å². The quantitative estimate of drug-likeness (QED) is 0.655. The smallest absolute Gasteiger partial charge is 0.156 e. The van der Waals surface area contributed by atoms with Gasteiger partial charge in [-0.15, -0.1) is 0 Å². The molecule has 2 aromatic heterocycles. The molecule has 0 unspecified atom stereocenters. The molecule has 0 amide bonds. The lowest BCUT2D eigenvalue weighted by atomic mass is 10.3. The van der Waals surface area contributed by atoms with E-state index >= 15 is 0 Å². The average molecular weight is 196 g/mol. The number of hydrogen-bond acceptors (Lipinski definition) is 2. The van der Waals surface area contributed by atoms with E-state index in [0.29, 0.717) is 11.2 Å². The summed E-state index contributed by atoms with van der Waals surface area (Å²) in [6.07, 6.45) is 3.49. The van der Waals surface area contributed by atoms with Crippen molar-refractivity contribution in [2.24, 2.45) is 0 Å². The van der Waals surface area contributed by atoms with Gasteiger partial charge in [-0.3, -0.25) is 0 Å². The van der Waals surface area contributed by atoms with Crippen LogP contribution in [-0.2, 0) is 0 Å². The molecular formula is C9H10ClN3. The lowest BCUT2D eigenvalue weighted by Gasteiger charge is -2.06. The van der Waals surface area contributed by atoms with Gasteiger partial charge in [0.05, 0.1) is 11.8 Å². The SMILES string of the molecule is CC(C)n1cnc2c(Cl)nccc21. The number of pyridine rings is 1. The zero-order valence-corrected chi connectivity index (χ0v) is 8.28. The molecule has 2 rings (SSSR count). The Kier molecular flexibility index (Phi) is 1.96. The molecule has 13 heavy (non-hydrogen) atoms. The molecule has 0 aliphatic heterocycles. The van der Waals surface area contributed by atoms with Crippen molar-refractivity contribution in [3.8, 4) is 0 Å². The summed E-state index contributed by atoms with van der Waals surface area (Å²) in [5.41, 5.74) is 1.81. The fourth-order valence-electron chi connectivity index (χ4n) is 1.34. The zero-order valence-electron chi connectivity index (χ0n) is 7.53. The number of imidazole rings is 1. The van der Waals surface area contributed by atoms with Gasteiger partial charge in [-0.05, 0) is 19.9 Å². The highest BCUT2D eigenvalue weighted by molar-refractivity contribution is 6.33. The predicted molar refractivity (Wildman–Crippen MR) is 52.9 cm³/mol. The maximum atomic E-state index is 5.89. The molecular weight excluding hydrogens is 186 g/mol. The van der Waals surface area contributed by atoms with Gasteiger partial charge in [-0.1, -0.05) is 11.6 Å². The Hall–Kier alpha value is -1.09. The van der Waals surface area contributed by atoms with Crippen LogP contribution in [0, 0.1) is 0 Å². The summed E-state index contributed by atoms with van der Waals surface area (Å²) in [7, 11) is 0. The van der Waals surface area contributed by atoms with Gasteiger partial charge in [-0.2, -0.15) is 0 Å².